The van der Waals surface area contributed by atoms with Gasteiger partial charge in [0.25, 0.3) is 0 Å². The highest BCUT2D eigenvalue weighted by atomic mass is 16.5. The number of rotatable bonds is 6. The van der Waals surface area contributed by atoms with Crippen LogP contribution in [0.3, 0.4) is 0 Å². The third-order valence-electron chi connectivity index (χ3n) is 3.32. The molecule has 3 rings (SSSR count). The van der Waals surface area contributed by atoms with Crippen molar-refractivity contribution in [2.45, 2.75) is 19.3 Å². The van der Waals surface area contributed by atoms with Crippen LogP contribution in [0.4, 0.5) is 5.69 Å². The Bertz CT molecular complexity index is 635. The van der Waals surface area contributed by atoms with Crippen molar-refractivity contribution in [3.05, 3.63) is 30.2 Å². The summed E-state index contributed by atoms with van der Waals surface area (Å²) in [5.41, 5.74) is 1.57. The molecule has 0 spiro atoms. The fourth-order valence-electron chi connectivity index (χ4n) is 1.99. The summed E-state index contributed by atoms with van der Waals surface area (Å²) in [6.07, 6.45) is 2.56. The van der Waals surface area contributed by atoms with Crippen molar-refractivity contribution in [3.8, 4) is 11.4 Å². The number of carbonyl (C=O) groups is 1. The lowest BCUT2D eigenvalue weighted by Crippen LogP contribution is -2.13. The van der Waals surface area contributed by atoms with E-state index in [9.17, 15) is 4.79 Å². The van der Waals surface area contributed by atoms with Crippen LogP contribution in [0.25, 0.3) is 11.4 Å². The third-order valence-corrected chi connectivity index (χ3v) is 3.32. The Kier molecular flexibility index (Phi) is 3.96. The van der Waals surface area contributed by atoms with Gasteiger partial charge in [0.15, 0.2) is 0 Å². The summed E-state index contributed by atoms with van der Waals surface area (Å²) >= 11 is 0. The second kappa shape index (κ2) is 6.05. The van der Waals surface area contributed by atoms with Crippen LogP contribution in [0, 0.1) is 5.92 Å². The van der Waals surface area contributed by atoms with E-state index in [4.69, 9.17) is 9.26 Å². The molecule has 2 aromatic rings. The van der Waals surface area contributed by atoms with Crippen LogP contribution in [-0.2, 0) is 16.0 Å². The van der Waals surface area contributed by atoms with Gasteiger partial charge in [-0.25, -0.2) is 0 Å². The highest BCUT2D eigenvalue weighted by molar-refractivity contribution is 5.94. The number of amides is 1. The average molecular weight is 287 g/mol. The van der Waals surface area contributed by atoms with Crippen LogP contribution in [0.5, 0.6) is 0 Å². The first-order chi connectivity index (χ1) is 10.3. The van der Waals surface area contributed by atoms with E-state index in [1.165, 1.54) is 0 Å². The highest BCUT2D eigenvalue weighted by Crippen LogP contribution is 2.30. The Balaban J connectivity index is 1.72. The predicted molar refractivity (Wildman–Crippen MR) is 76.7 cm³/mol. The number of carbonyl (C=O) groups excluding carboxylic acids is 1. The van der Waals surface area contributed by atoms with E-state index in [1.807, 2.05) is 24.3 Å². The maximum atomic E-state index is 11.8. The molecular formula is C15H17N3O3. The molecule has 1 aromatic carbocycles. The first-order valence-electron chi connectivity index (χ1n) is 6.99. The fraction of sp³-hybridized carbons (Fsp3) is 0.400. The van der Waals surface area contributed by atoms with Gasteiger partial charge >= 0.3 is 0 Å². The maximum absolute atomic E-state index is 11.8. The van der Waals surface area contributed by atoms with E-state index in [-0.39, 0.29) is 11.8 Å². The Morgan fingerprint density at radius 2 is 2.33 bits per heavy atom. The molecule has 110 valence electrons. The van der Waals surface area contributed by atoms with Crippen molar-refractivity contribution in [3.63, 3.8) is 0 Å². The Labute approximate surface area is 122 Å². The van der Waals surface area contributed by atoms with Crippen LogP contribution >= 0.6 is 0 Å². The van der Waals surface area contributed by atoms with Gasteiger partial charge in [0.1, 0.15) is 0 Å². The first-order valence-corrected chi connectivity index (χ1v) is 6.99. The molecule has 1 fully saturated rings. The van der Waals surface area contributed by atoms with E-state index >= 15 is 0 Å². The number of hydrogen-bond acceptors (Lipinski definition) is 5. The lowest BCUT2D eigenvalue weighted by Gasteiger charge is -2.04. The van der Waals surface area contributed by atoms with Crippen molar-refractivity contribution >= 4 is 11.6 Å². The van der Waals surface area contributed by atoms with Crippen LogP contribution < -0.4 is 5.32 Å². The van der Waals surface area contributed by atoms with Gasteiger partial charge in [0.05, 0.1) is 13.0 Å². The van der Waals surface area contributed by atoms with Crippen molar-refractivity contribution in [2.75, 3.05) is 19.0 Å². The van der Waals surface area contributed by atoms with Gasteiger partial charge in [-0.2, -0.15) is 4.98 Å². The van der Waals surface area contributed by atoms with Crippen LogP contribution in [0.2, 0.25) is 0 Å². The second-order valence-corrected chi connectivity index (χ2v) is 5.10. The van der Waals surface area contributed by atoms with Gasteiger partial charge in [-0.15, -0.1) is 0 Å². The van der Waals surface area contributed by atoms with Crippen molar-refractivity contribution < 1.29 is 14.1 Å². The lowest BCUT2D eigenvalue weighted by molar-refractivity contribution is -0.117. The molecule has 1 heterocycles. The molecule has 0 aliphatic heterocycles. The zero-order chi connectivity index (χ0) is 14.7. The third kappa shape index (κ3) is 3.46. The zero-order valence-electron chi connectivity index (χ0n) is 11.8. The number of benzene rings is 1. The minimum absolute atomic E-state index is 0.0843. The largest absolute Gasteiger partial charge is 0.384 e. The number of aromatic nitrogens is 2. The molecule has 0 atom stereocenters. The first kappa shape index (κ1) is 13.8. The molecule has 1 aromatic heterocycles. The molecule has 0 saturated heterocycles. The highest BCUT2D eigenvalue weighted by Gasteiger charge is 2.29. The van der Waals surface area contributed by atoms with Gasteiger partial charge < -0.3 is 14.6 Å². The van der Waals surface area contributed by atoms with Crippen molar-refractivity contribution in [2.24, 2.45) is 5.92 Å². The number of hydrogen-bond donors (Lipinski definition) is 1. The van der Waals surface area contributed by atoms with E-state index in [0.717, 1.165) is 24.1 Å². The summed E-state index contributed by atoms with van der Waals surface area (Å²) in [6.45, 7) is 0.541. The lowest BCUT2D eigenvalue weighted by atomic mass is 10.2. The number of nitrogens with one attached hydrogen (secondary N) is 1. The van der Waals surface area contributed by atoms with E-state index in [1.54, 1.807) is 7.11 Å². The fourth-order valence-corrected chi connectivity index (χ4v) is 1.99. The second-order valence-electron chi connectivity index (χ2n) is 5.10. The number of ether oxygens (including phenoxy) is 1. The van der Waals surface area contributed by atoms with E-state index < -0.39 is 0 Å². The van der Waals surface area contributed by atoms with Crippen molar-refractivity contribution in [1.29, 1.82) is 0 Å². The van der Waals surface area contributed by atoms with Gasteiger partial charge in [-0.05, 0) is 25.0 Å². The predicted octanol–water partition coefficient (Wildman–Crippen LogP) is 2.27. The topological polar surface area (TPSA) is 77.2 Å². The SMILES string of the molecule is COCCc1nc(-c2cccc(NC(=O)C3CC3)c2)no1. The standard InChI is InChI=1S/C15H17N3O3/c1-20-8-7-13-17-14(18-21-13)11-3-2-4-12(9-11)16-15(19)10-5-6-10/h2-4,9-10H,5-8H2,1H3,(H,16,19). The molecule has 1 N–H and O–H groups in total. The van der Waals surface area contributed by atoms with Crippen LogP contribution in [-0.4, -0.2) is 29.8 Å². The van der Waals surface area contributed by atoms with Crippen LogP contribution in [0.1, 0.15) is 18.7 Å². The smallest absolute Gasteiger partial charge is 0.229 e. The summed E-state index contributed by atoms with van der Waals surface area (Å²) < 4.78 is 10.1. The molecule has 1 aliphatic rings. The monoisotopic (exact) mass is 287 g/mol. The normalized spacial score (nSPS) is 14.1. The molecular weight excluding hydrogens is 270 g/mol. The summed E-state index contributed by atoms with van der Waals surface area (Å²) in [5, 5.41) is 6.86. The van der Waals surface area contributed by atoms with Gasteiger partial charge in [-0.1, -0.05) is 17.3 Å². The molecule has 0 unspecified atom stereocenters. The minimum Gasteiger partial charge on any atom is -0.384 e. The molecule has 1 amide bonds. The molecule has 6 heteroatoms. The summed E-state index contributed by atoms with van der Waals surface area (Å²) in [5.74, 6) is 1.32. The molecule has 0 radical (unpaired) electrons. The zero-order valence-corrected chi connectivity index (χ0v) is 11.8. The minimum atomic E-state index is 0.0843. The molecule has 1 saturated carbocycles. The maximum Gasteiger partial charge on any atom is 0.229 e. The van der Waals surface area contributed by atoms with E-state index in [2.05, 4.69) is 15.5 Å². The molecule has 1 aliphatic carbocycles. The Morgan fingerprint density at radius 3 is 3.10 bits per heavy atom. The number of methoxy groups -OCH3 is 1. The number of nitrogens with zero attached hydrogens (tertiary/aromatic N) is 2. The van der Waals surface area contributed by atoms with Gasteiger partial charge in [-0.3, -0.25) is 4.79 Å². The number of anilines is 1. The summed E-state index contributed by atoms with van der Waals surface area (Å²) in [6, 6.07) is 7.46. The molecule has 6 nitrogen and oxygen atoms in total. The quantitative estimate of drug-likeness (QED) is 0.882. The summed E-state index contributed by atoms with van der Waals surface area (Å²) in [7, 11) is 1.63. The van der Waals surface area contributed by atoms with E-state index in [0.29, 0.717) is 24.7 Å². The van der Waals surface area contributed by atoms with Crippen molar-refractivity contribution in [1.82, 2.24) is 10.1 Å². The molecule has 0 bridgehead atoms. The Hall–Kier alpha value is -2.21. The van der Waals surface area contributed by atoms with Gasteiger partial charge in [0, 0.05) is 24.3 Å². The molecule has 21 heavy (non-hydrogen) atoms. The van der Waals surface area contributed by atoms with Gasteiger partial charge in [0.2, 0.25) is 17.6 Å². The van der Waals surface area contributed by atoms with Crippen LogP contribution in [0.15, 0.2) is 28.8 Å². The average Bonchev–Trinajstić information content (AvgIpc) is 3.24. The Morgan fingerprint density at radius 1 is 1.48 bits per heavy atom. The summed E-state index contributed by atoms with van der Waals surface area (Å²) in [4.78, 5) is 16.1.